The van der Waals surface area contributed by atoms with Crippen molar-refractivity contribution in [3.8, 4) is 5.75 Å². The van der Waals surface area contributed by atoms with Crippen molar-refractivity contribution in [3.05, 3.63) is 54.4 Å². The van der Waals surface area contributed by atoms with Gasteiger partial charge in [-0.1, -0.05) is 37.3 Å². The van der Waals surface area contributed by atoms with E-state index in [1.807, 2.05) is 14.0 Å². The number of ether oxygens (including phenoxy) is 1. The van der Waals surface area contributed by atoms with Crippen LogP contribution in [0.5, 0.6) is 5.75 Å². The summed E-state index contributed by atoms with van der Waals surface area (Å²) in [6.07, 6.45) is 9.06. The number of nitrogens with one attached hydrogen (secondary N) is 3. The Morgan fingerprint density at radius 1 is 1.28 bits per heavy atom. The number of hydrogen-bond acceptors (Lipinski definition) is 7. The Bertz CT molecular complexity index is 1070. The number of primary amides is 1. The highest BCUT2D eigenvalue weighted by Crippen LogP contribution is 2.21. The molecular weight excluding hydrogens is 498 g/mol. The Kier molecular flexibility index (Phi) is 16.2. The first-order valence-corrected chi connectivity index (χ1v) is 13.2. The molecule has 1 aliphatic carbocycles. The molecule has 39 heavy (non-hydrogen) atoms. The molecule has 0 aliphatic heterocycles. The summed E-state index contributed by atoms with van der Waals surface area (Å²) >= 11 is 0. The lowest BCUT2D eigenvalue weighted by atomic mass is 10.2. The minimum Gasteiger partial charge on any atom is -0.494 e. The van der Waals surface area contributed by atoms with Crippen LogP contribution in [0.15, 0.2) is 43.0 Å². The lowest BCUT2D eigenvalue weighted by Crippen LogP contribution is -2.27. The summed E-state index contributed by atoms with van der Waals surface area (Å²) in [5.41, 5.74) is 7.81. The summed E-state index contributed by atoms with van der Waals surface area (Å²) in [5, 5.41) is 16.8. The van der Waals surface area contributed by atoms with Gasteiger partial charge in [-0.15, -0.1) is 11.7 Å². The number of anilines is 1. The molecule has 1 aromatic heterocycles. The predicted molar refractivity (Wildman–Crippen MR) is 155 cm³/mol. The third kappa shape index (κ3) is 13.4. The monoisotopic (exact) mass is 541 g/mol. The van der Waals surface area contributed by atoms with Gasteiger partial charge in [-0.2, -0.15) is 0 Å². The van der Waals surface area contributed by atoms with Gasteiger partial charge < -0.3 is 31.2 Å². The van der Waals surface area contributed by atoms with Crippen LogP contribution in [-0.2, 0) is 11.2 Å². The number of aromatic nitrogens is 3. The van der Waals surface area contributed by atoms with Crippen molar-refractivity contribution in [1.82, 2.24) is 25.6 Å². The van der Waals surface area contributed by atoms with Crippen LogP contribution in [0.1, 0.15) is 69.1 Å². The van der Waals surface area contributed by atoms with Gasteiger partial charge in [0.25, 0.3) is 5.91 Å². The lowest BCUT2D eigenvalue weighted by molar-refractivity contribution is -0.107. The van der Waals surface area contributed by atoms with Crippen LogP contribution in [0.3, 0.4) is 0 Å². The Morgan fingerprint density at radius 2 is 2.00 bits per heavy atom. The van der Waals surface area contributed by atoms with Crippen molar-refractivity contribution in [2.75, 3.05) is 25.5 Å². The van der Waals surface area contributed by atoms with Crippen LogP contribution >= 0.6 is 0 Å². The molecule has 1 aliphatic rings. The Labute approximate surface area is 231 Å². The topological polar surface area (TPSA) is 153 Å². The number of amides is 3. The number of nitrogens with zero attached hydrogens (tertiary/aromatic N) is 3. The van der Waals surface area contributed by atoms with Crippen LogP contribution in [-0.4, -0.2) is 59.5 Å². The van der Waals surface area contributed by atoms with Gasteiger partial charge in [-0.05, 0) is 64.8 Å². The maximum absolute atomic E-state index is 12.6. The van der Waals surface area contributed by atoms with Gasteiger partial charge in [0.2, 0.25) is 0 Å². The second kappa shape index (κ2) is 19.1. The predicted octanol–water partition coefficient (Wildman–Crippen LogP) is 3.93. The van der Waals surface area contributed by atoms with Crippen LogP contribution in [0, 0.1) is 0 Å². The first kappa shape index (κ1) is 33.0. The molecule has 0 bridgehead atoms. The molecule has 0 spiro atoms. The quantitative estimate of drug-likeness (QED) is 0.170. The first-order valence-electron chi connectivity index (χ1n) is 13.2. The largest absolute Gasteiger partial charge is 0.494 e. The second-order valence-corrected chi connectivity index (χ2v) is 8.67. The molecule has 1 saturated carbocycles. The van der Waals surface area contributed by atoms with E-state index in [-0.39, 0.29) is 11.9 Å². The summed E-state index contributed by atoms with van der Waals surface area (Å²) < 4.78 is 7.53. The van der Waals surface area contributed by atoms with E-state index < -0.39 is 6.03 Å². The van der Waals surface area contributed by atoms with Gasteiger partial charge in [0.1, 0.15) is 12.0 Å². The van der Waals surface area contributed by atoms with Crippen LogP contribution in [0.4, 0.5) is 10.5 Å². The van der Waals surface area contributed by atoms with E-state index in [2.05, 4.69) is 52.8 Å². The van der Waals surface area contributed by atoms with E-state index in [4.69, 9.17) is 10.5 Å². The first-order chi connectivity index (χ1) is 18.8. The summed E-state index contributed by atoms with van der Waals surface area (Å²) in [6.45, 7) is 10.9. The third-order valence-corrected chi connectivity index (χ3v) is 5.27. The number of rotatable bonds is 13. The molecule has 0 saturated heterocycles. The lowest BCUT2D eigenvalue weighted by Gasteiger charge is -2.10. The number of aldehydes is 1. The van der Waals surface area contributed by atoms with Gasteiger partial charge in [0.15, 0.2) is 5.69 Å². The van der Waals surface area contributed by atoms with E-state index in [0.717, 1.165) is 43.5 Å². The number of hydrogen-bond donors (Lipinski definition) is 4. The molecule has 2 aromatic rings. The van der Waals surface area contributed by atoms with Gasteiger partial charge in [-0.3, -0.25) is 4.79 Å². The highest BCUT2D eigenvalue weighted by Gasteiger charge is 2.27. The Balaban J connectivity index is 0.000000733. The molecule has 3 amide bonds. The van der Waals surface area contributed by atoms with Gasteiger partial charge in [-0.25, -0.2) is 9.48 Å². The summed E-state index contributed by atoms with van der Waals surface area (Å²) in [5.74, 6) is 0.454. The van der Waals surface area contributed by atoms with Crippen LogP contribution < -0.4 is 26.4 Å². The summed E-state index contributed by atoms with van der Waals surface area (Å²) in [7, 11) is 1.93. The van der Waals surface area contributed by atoms with Crippen molar-refractivity contribution >= 4 is 29.6 Å². The van der Waals surface area contributed by atoms with Gasteiger partial charge >= 0.3 is 6.03 Å². The number of allylic oxidation sites excluding steroid dienone is 3. The molecular formula is C28H43N7O4. The van der Waals surface area contributed by atoms with Crippen molar-refractivity contribution in [3.63, 3.8) is 0 Å². The summed E-state index contributed by atoms with van der Waals surface area (Å²) in [4.78, 5) is 32.9. The van der Waals surface area contributed by atoms with E-state index in [1.54, 1.807) is 35.0 Å². The molecule has 0 radical (unpaired) electrons. The molecule has 11 heteroatoms. The highest BCUT2D eigenvalue weighted by molar-refractivity contribution is 5.94. The van der Waals surface area contributed by atoms with Gasteiger partial charge in [0.05, 0.1) is 12.3 Å². The molecule has 3 rings (SSSR count). The standard InChI is InChI=1S/C21H28N6O3.C4H6O.C3H9N/c1-3-6-14(2)27-18(19(25-26-27)20(28)23-15-10-11-15)9-5-12-30-17-8-4-7-16(13-17)24-21(22)29;1-2-3-4-5;1-3-4-2/h4,6-8,13,15H,3,5,9-12H2,1-2H3,(H,23,28)(H3,22,24,29);2,4H,1,3H2;4H,3H2,1-2H3/b14-6+;;. The van der Waals surface area contributed by atoms with Crippen molar-refractivity contribution in [2.45, 2.75) is 65.3 Å². The van der Waals surface area contributed by atoms with E-state index in [1.165, 1.54) is 0 Å². The molecule has 0 atom stereocenters. The maximum atomic E-state index is 12.6. The van der Waals surface area contributed by atoms with Gasteiger partial charge in [0, 0.05) is 29.9 Å². The molecule has 1 fully saturated rings. The fraction of sp³-hybridized carbons (Fsp3) is 0.464. The number of nitrogens with two attached hydrogens (primary N) is 1. The zero-order chi connectivity index (χ0) is 29.0. The van der Waals surface area contributed by atoms with E-state index in [0.29, 0.717) is 43.0 Å². The molecule has 1 aromatic carbocycles. The second-order valence-electron chi connectivity index (χ2n) is 8.67. The van der Waals surface area contributed by atoms with E-state index in [9.17, 15) is 14.4 Å². The molecule has 0 unspecified atom stereocenters. The SMILES string of the molecule is C=CCC=O.CC/C=C(\C)n1nnc(C(=O)NC2CC2)c1CCCOc1cccc(NC(N)=O)c1.CCNC. The zero-order valence-electron chi connectivity index (χ0n) is 23.5. The van der Waals surface area contributed by atoms with Crippen molar-refractivity contribution in [1.29, 1.82) is 0 Å². The maximum Gasteiger partial charge on any atom is 0.316 e. The Hall–Kier alpha value is -3.99. The van der Waals surface area contributed by atoms with Crippen molar-refractivity contribution in [2.24, 2.45) is 5.73 Å². The number of carbonyl (C=O) groups excluding carboxylic acids is 3. The smallest absolute Gasteiger partial charge is 0.316 e. The van der Waals surface area contributed by atoms with E-state index >= 15 is 0 Å². The zero-order valence-corrected chi connectivity index (χ0v) is 23.5. The number of urea groups is 1. The average molecular weight is 542 g/mol. The minimum atomic E-state index is -0.625. The summed E-state index contributed by atoms with van der Waals surface area (Å²) in [6, 6.07) is 6.65. The molecule has 1 heterocycles. The fourth-order valence-electron chi connectivity index (χ4n) is 3.15. The van der Waals surface area contributed by atoms with Crippen LogP contribution in [0.25, 0.3) is 5.70 Å². The molecule has 11 nitrogen and oxygen atoms in total. The number of benzene rings is 1. The highest BCUT2D eigenvalue weighted by atomic mass is 16.5. The van der Waals surface area contributed by atoms with Crippen LogP contribution in [0.2, 0.25) is 0 Å². The minimum absolute atomic E-state index is 0.172. The molecule has 214 valence electrons. The Morgan fingerprint density at radius 3 is 2.54 bits per heavy atom. The normalized spacial score (nSPS) is 12.2. The average Bonchev–Trinajstić information content (AvgIpc) is 3.62. The fourth-order valence-corrected chi connectivity index (χ4v) is 3.15. The number of carbonyl (C=O) groups is 3. The third-order valence-electron chi connectivity index (χ3n) is 5.27. The van der Waals surface area contributed by atoms with Crippen molar-refractivity contribution < 1.29 is 19.1 Å². The molecule has 5 N–H and O–H groups in total.